The highest BCUT2D eigenvalue weighted by Crippen LogP contribution is 2.45. The Morgan fingerprint density at radius 2 is 0.837 bits per heavy atom. The highest BCUT2D eigenvalue weighted by Gasteiger charge is 2.18. The van der Waals surface area contributed by atoms with Crippen LogP contribution in [0.4, 0.5) is 0 Å². The predicted octanol–water partition coefficient (Wildman–Crippen LogP) is 13.7. The fraction of sp³-hybridized carbons (Fsp3) is 0. The molecule has 49 heavy (non-hydrogen) atoms. The molecule has 228 valence electrons. The van der Waals surface area contributed by atoms with Gasteiger partial charge in [0, 0.05) is 21.9 Å². The van der Waals surface area contributed by atoms with Gasteiger partial charge in [0.05, 0.1) is 17.8 Å². The average molecular weight is 636 g/mol. The van der Waals surface area contributed by atoms with Gasteiger partial charge >= 0.3 is 0 Å². The summed E-state index contributed by atoms with van der Waals surface area (Å²) in [6.45, 7) is 0. The van der Waals surface area contributed by atoms with Gasteiger partial charge in [-0.2, -0.15) is 0 Å². The lowest BCUT2D eigenvalue weighted by atomic mass is 9.85. The molecule has 10 rings (SSSR count). The Labute approximate surface area is 302 Å². The Hall–Kier alpha value is -6.44. The van der Waals surface area contributed by atoms with E-state index in [0.717, 1.165) is 49.6 Å². The van der Waals surface area contributed by atoms with Gasteiger partial charge in [-0.05, 0) is 77.8 Å². The van der Waals surface area contributed by atoms with Gasteiger partial charge in [0.25, 0.3) is 0 Å². The number of rotatable bonds is 4. The SMILES string of the molecule is [2H]c1c([2H])c([2H])c(-c2c3c([2H])c([2H])c([2H])c([2H])c3c(-c3ccc4cc(-c5cccc6c5oc5c(-c7ccccc7)cccc56)ccc4c3)c3c([2H])c([2H])c([2H])c([2H])c23)c([2H])c1[2H]. The number of hydrogen-bond acceptors (Lipinski definition) is 1. The highest BCUT2D eigenvalue weighted by atomic mass is 16.3. The maximum Gasteiger partial charge on any atom is 0.143 e. The molecule has 0 N–H and O–H groups in total. The van der Waals surface area contributed by atoms with Gasteiger partial charge in [0.2, 0.25) is 0 Å². The smallest absolute Gasteiger partial charge is 0.143 e. The van der Waals surface area contributed by atoms with Crippen molar-refractivity contribution in [2.45, 2.75) is 0 Å². The van der Waals surface area contributed by atoms with E-state index in [1.54, 1.807) is 12.1 Å². The molecule has 1 heteroatoms. The molecule has 0 saturated heterocycles. The minimum Gasteiger partial charge on any atom is -0.455 e. The van der Waals surface area contributed by atoms with Crippen LogP contribution >= 0.6 is 0 Å². The summed E-state index contributed by atoms with van der Waals surface area (Å²) >= 11 is 0. The first-order valence-corrected chi connectivity index (χ1v) is 15.8. The van der Waals surface area contributed by atoms with Crippen molar-refractivity contribution in [1.82, 2.24) is 0 Å². The van der Waals surface area contributed by atoms with Crippen LogP contribution in [0.15, 0.2) is 186 Å². The van der Waals surface area contributed by atoms with Gasteiger partial charge in [0.15, 0.2) is 0 Å². The van der Waals surface area contributed by atoms with Gasteiger partial charge in [-0.3, -0.25) is 0 Å². The van der Waals surface area contributed by atoms with Crippen LogP contribution in [0.1, 0.15) is 17.8 Å². The summed E-state index contributed by atoms with van der Waals surface area (Å²) in [7, 11) is 0. The first-order valence-electron chi connectivity index (χ1n) is 22.3. The fourth-order valence-corrected chi connectivity index (χ4v) is 7.00. The van der Waals surface area contributed by atoms with E-state index in [1.807, 2.05) is 91.0 Å². The first-order chi connectivity index (χ1) is 29.7. The predicted molar refractivity (Wildman–Crippen MR) is 208 cm³/mol. The van der Waals surface area contributed by atoms with Gasteiger partial charge in [0.1, 0.15) is 11.2 Å². The molecule has 1 heterocycles. The van der Waals surface area contributed by atoms with E-state index in [1.165, 1.54) is 0 Å². The number of benzene rings is 9. The number of para-hydroxylation sites is 2. The lowest BCUT2D eigenvalue weighted by molar-refractivity contribution is 0.671. The maximum atomic E-state index is 9.26. The second kappa shape index (κ2) is 11.1. The summed E-state index contributed by atoms with van der Waals surface area (Å²) < 4.78 is 121. The van der Waals surface area contributed by atoms with Crippen molar-refractivity contribution in [3.8, 4) is 44.5 Å². The van der Waals surface area contributed by atoms with Crippen LogP contribution in [-0.4, -0.2) is 0 Å². The molecule has 0 aliphatic heterocycles. The summed E-state index contributed by atoms with van der Waals surface area (Å²) in [5.41, 5.74) is 4.96. The van der Waals surface area contributed by atoms with Crippen LogP contribution in [0.2, 0.25) is 0 Å². The zero-order valence-corrected chi connectivity index (χ0v) is 25.7. The Morgan fingerprint density at radius 3 is 1.43 bits per heavy atom. The topological polar surface area (TPSA) is 13.1 Å². The zero-order chi connectivity index (χ0) is 43.6. The summed E-state index contributed by atoms with van der Waals surface area (Å²) in [5.74, 6) is 0. The van der Waals surface area contributed by atoms with Crippen molar-refractivity contribution in [2.75, 3.05) is 0 Å². The van der Waals surface area contributed by atoms with Crippen LogP contribution in [-0.2, 0) is 0 Å². The van der Waals surface area contributed by atoms with Crippen LogP contribution in [0, 0.1) is 0 Å². The number of fused-ring (bicyclic) bond motifs is 6. The van der Waals surface area contributed by atoms with Crippen molar-refractivity contribution in [1.29, 1.82) is 0 Å². The summed E-state index contributed by atoms with van der Waals surface area (Å²) in [4.78, 5) is 0. The van der Waals surface area contributed by atoms with Crippen LogP contribution in [0.5, 0.6) is 0 Å². The molecule has 1 nitrogen and oxygen atoms in total. The molecule has 1 aromatic heterocycles. The van der Waals surface area contributed by atoms with Crippen molar-refractivity contribution in [3.63, 3.8) is 0 Å². The Morgan fingerprint density at radius 1 is 0.347 bits per heavy atom. The van der Waals surface area contributed by atoms with Gasteiger partial charge < -0.3 is 4.42 Å². The summed E-state index contributed by atoms with van der Waals surface area (Å²) in [5, 5.41) is 2.73. The molecule has 0 radical (unpaired) electrons. The van der Waals surface area contributed by atoms with Gasteiger partial charge in [-0.25, -0.2) is 0 Å². The average Bonchev–Trinajstić information content (AvgIpc) is 3.68. The molecule has 0 bridgehead atoms. The van der Waals surface area contributed by atoms with E-state index in [9.17, 15) is 5.48 Å². The molecule has 0 spiro atoms. The molecule has 0 saturated carbocycles. The quantitative estimate of drug-likeness (QED) is 0.175. The minimum absolute atomic E-state index is 0.0809. The molecular weight excluding hydrogens is 593 g/mol. The van der Waals surface area contributed by atoms with Gasteiger partial charge in [-0.15, -0.1) is 0 Å². The van der Waals surface area contributed by atoms with Crippen LogP contribution in [0.3, 0.4) is 0 Å². The van der Waals surface area contributed by atoms with Crippen molar-refractivity contribution >= 4 is 54.3 Å². The van der Waals surface area contributed by atoms with Crippen LogP contribution < -0.4 is 0 Å². The second-order valence-electron chi connectivity index (χ2n) is 11.9. The molecule has 0 amide bonds. The molecular formula is C48H30O. The molecule has 9 aromatic carbocycles. The molecule has 0 aliphatic rings. The van der Waals surface area contributed by atoms with E-state index in [2.05, 4.69) is 0 Å². The third kappa shape index (κ3) is 4.40. The zero-order valence-electron chi connectivity index (χ0n) is 38.7. The molecule has 0 unspecified atom stereocenters. The second-order valence-corrected chi connectivity index (χ2v) is 11.9. The van der Waals surface area contributed by atoms with Crippen LogP contribution in [0.25, 0.3) is 98.8 Å². The molecule has 0 aliphatic carbocycles. The number of hydrogen-bond donors (Lipinski definition) is 0. The third-order valence-corrected chi connectivity index (χ3v) is 9.17. The van der Waals surface area contributed by atoms with E-state index in [4.69, 9.17) is 16.8 Å². The Balaban J connectivity index is 1.25. The molecule has 0 fully saturated rings. The Kier molecular flexibility index (Phi) is 3.99. The van der Waals surface area contributed by atoms with Crippen molar-refractivity contribution in [3.05, 3.63) is 182 Å². The minimum atomic E-state index is -0.713. The highest BCUT2D eigenvalue weighted by molar-refractivity contribution is 6.22. The third-order valence-electron chi connectivity index (χ3n) is 9.17. The fourth-order valence-electron chi connectivity index (χ4n) is 7.00. The lowest BCUT2D eigenvalue weighted by Crippen LogP contribution is -1.90. The standard InChI is InChI=1S/C48H30O/c1-3-13-31(14-4-1)37-21-11-23-43-44-24-12-22-38(48(44)49-47(37)43)35-27-25-34-30-36(28-26-33(34)29-35)46-41-19-9-7-17-39(41)45(32-15-5-2-6-16-32)40-18-8-10-20-42(40)46/h1-30H/i2D,5D,6D,7D,8D,9D,10D,15D,16D,17D,18D,19D,20D. The largest absolute Gasteiger partial charge is 0.455 e. The first kappa shape index (κ1) is 17.6. The van der Waals surface area contributed by atoms with E-state index < -0.39 is 84.1 Å². The monoisotopic (exact) mass is 635 g/mol. The maximum absolute atomic E-state index is 9.26. The molecule has 10 aromatic rings. The lowest BCUT2D eigenvalue weighted by Gasteiger charge is -2.18. The van der Waals surface area contributed by atoms with Crippen molar-refractivity contribution in [2.24, 2.45) is 0 Å². The summed E-state index contributed by atoms with van der Waals surface area (Å²) in [6, 6.07) is 25.1. The van der Waals surface area contributed by atoms with Crippen molar-refractivity contribution < 1.29 is 22.2 Å². The molecule has 0 atom stereocenters. The van der Waals surface area contributed by atoms with E-state index in [-0.39, 0.29) is 32.7 Å². The van der Waals surface area contributed by atoms with E-state index in [0.29, 0.717) is 10.9 Å². The van der Waals surface area contributed by atoms with Gasteiger partial charge in [-0.1, -0.05) is 170 Å². The Bertz CT molecular complexity index is 3510. The summed E-state index contributed by atoms with van der Waals surface area (Å²) in [6.07, 6.45) is 0. The normalized spacial score (nSPS) is 15.4. The number of furan rings is 1. The van der Waals surface area contributed by atoms with E-state index >= 15 is 0 Å².